The Balaban J connectivity index is 1.58. The smallest absolute Gasteiger partial charge is 0.264 e. The predicted molar refractivity (Wildman–Crippen MR) is 123 cm³/mol. The van der Waals surface area contributed by atoms with Crippen molar-refractivity contribution < 1.29 is 14.0 Å². The molecule has 0 unspecified atom stereocenters. The van der Waals surface area contributed by atoms with Crippen LogP contribution in [0.25, 0.3) is 6.08 Å². The number of para-hydroxylation sites is 1. The second-order valence-electron chi connectivity index (χ2n) is 6.68. The van der Waals surface area contributed by atoms with E-state index in [-0.39, 0.29) is 17.5 Å². The van der Waals surface area contributed by atoms with Crippen LogP contribution in [-0.4, -0.2) is 22.0 Å². The number of carbonyl (C=O) groups excluding carboxylic acids is 2. The molecule has 1 aliphatic heterocycles. The number of rotatable bonds is 4. The van der Waals surface area contributed by atoms with E-state index < -0.39 is 5.82 Å². The van der Waals surface area contributed by atoms with Crippen molar-refractivity contribution in [2.75, 3.05) is 4.90 Å². The van der Waals surface area contributed by atoms with E-state index in [1.165, 1.54) is 47.1 Å². The van der Waals surface area contributed by atoms with Crippen LogP contribution in [-0.2, 0) is 9.59 Å². The average molecular weight is 453 g/mol. The van der Waals surface area contributed by atoms with E-state index in [2.05, 4.69) is 15.3 Å². The molecule has 3 aromatic rings. The van der Waals surface area contributed by atoms with Crippen LogP contribution in [0.15, 0.2) is 63.8 Å². The van der Waals surface area contributed by atoms with Crippen molar-refractivity contribution in [1.82, 2.24) is 10.3 Å². The van der Waals surface area contributed by atoms with E-state index in [0.717, 1.165) is 11.3 Å². The number of aliphatic imine (C=N–C) groups is 1. The molecular weight excluding hydrogens is 435 g/mol. The Morgan fingerprint density at radius 2 is 2.03 bits per heavy atom. The monoisotopic (exact) mass is 452 g/mol. The molecule has 0 aliphatic carbocycles. The number of hydrogen-bond donors (Lipinski definition) is 1. The van der Waals surface area contributed by atoms with Gasteiger partial charge in [-0.25, -0.2) is 14.4 Å². The third-order valence-electron chi connectivity index (χ3n) is 4.27. The minimum absolute atomic E-state index is 0.129. The molecule has 9 heteroatoms. The number of aryl methyl sites for hydroxylation is 1. The molecule has 1 aliphatic rings. The number of nitrogens with one attached hydrogen (secondary N) is 1. The number of amidine groups is 1. The number of benzene rings is 2. The summed E-state index contributed by atoms with van der Waals surface area (Å²) < 4.78 is 14.2. The number of anilines is 2. The van der Waals surface area contributed by atoms with Crippen molar-refractivity contribution in [3.63, 3.8) is 0 Å². The number of aromatic nitrogens is 1. The Morgan fingerprint density at radius 1 is 1.23 bits per heavy atom. The molecule has 156 valence electrons. The van der Waals surface area contributed by atoms with Gasteiger partial charge in [-0.3, -0.25) is 14.5 Å². The van der Waals surface area contributed by atoms with Crippen molar-refractivity contribution in [2.45, 2.75) is 13.8 Å². The summed E-state index contributed by atoms with van der Waals surface area (Å²) in [4.78, 5) is 35.0. The van der Waals surface area contributed by atoms with E-state index in [1.807, 2.05) is 31.2 Å². The van der Waals surface area contributed by atoms with Gasteiger partial charge in [-0.2, -0.15) is 0 Å². The highest BCUT2D eigenvalue weighted by Crippen LogP contribution is 2.33. The molecule has 1 N–H and O–H groups in total. The van der Waals surface area contributed by atoms with Crippen LogP contribution in [0.4, 0.5) is 20.9 Å². The quantitative estimate of drug-likeness (QED) is 0.555. The van der Waals surface area contributed by atoms with Crippen molar-refractivity contribution in [2.24, 2.45) is 4.99 Å². The fraction of sp³-hybridized carbons (Fsp3) is 0.0909. The van der Waals surface area contributed by atoms with Gasteiger partial charge in [-0.05, 0) is 54.6 Å². The molecule has 0 spiro atoms. The Kier molecular flexibility index (Phi) is 5.97. The molecule has 31 heavy (non-hydrogen) atoms. The molecule has 2 heterocycles. The first-order chi connectivity index (χ1) is 14.9. The van der Waals surface area contributed by atoms with E-state index in [4.69, 9.17) is 0 Å². The first kappa shape index (κ1) is 21.0. The maximum Gasteiger partial charge on any atom is 0.264 e. The van der Waals surface area contributed by atoms with Gasteiger partial charge in [0.15, 0.2) is 10.3 Å². The fourth-order valence-electron chi connectivity index (χ4n) is 2.92. The molecular formula is C22H17FN4O2S2. The van der Waals surface area contributed by atoms with Gasteiger partial charge >= 0.3 is 0 Å². The van der Waals surface area contributed by atoms with Crippen molar-refractivity contribution >= 4 is 62.7 Å². The standard InChI is InChI=1S/C22H17FN4O2S2/c1-13-6-5-7-15(10-13)24-21-26-20(29)19(31-21)11-16-12-30-22(25-16)27(14(2)28)18-9-4-3-8-17(18)23/h3-12H,1-2H3,(H,24,26,29). The minimum Gasteiger partial charge on any atom is -0.300 e. The normalized spacial score (nSPS) is 16.0. The number of amides is 2. The van der Waals surface area contributed by atoms with Gasteiger partial charge in [-0.1, -0.05) is 24.3 Å². The Hall–Kier alpha value is -3.30. The molecule has 1 fully saturated rings. The number of carbonyl (C=O) groups is 2. The largest absolute Gasteiger partial charge is 0.300 e. The van der Waals surface area contributed by atoms with Crippen molar-refractivity contribution in [1.29, 1.82) is 0 Å². The molecule has 2 aromatic carbocycles. The predicted octanol–water partition coefficient (Wildman–Crippen LogP) is 5.17. The summed E-state index contributed by atoms with van der Waals surface area (Å²) in [6, 6.07) is 13.7. The van der Waals surface area contributed by atoms with E-state index in [0.29, 0.717) is 20.9 Å². The van der Waals surface area contributed by atoms with Crippen LogP contribution >= 0.6 is 23.1 Å². The maximum atomic E-state index is 14.2. The molecule has 0 atom stereocenters. The van der Waals surface area contributed by atoms with E-state index in [1.54, 1.807) is 23.6 Å². The highest BCUT2D eigenvalue weighted by atomic mass is 32.2. The highest BCUT2D eigenvalue weighted by molar-refractivity contribution is 8.18. The molecule has 4 rings (SSSR count). The lowest BCUT2D eigenvalue weighted by molar-refractivity contribution is -0.116. The van der Waals surface area contributed by atoms with Crippen molar-refractivity contribution in [3.8, 4) is 0 Å². The Morgan fingerprint density at radius 3 is 2.77 bits per heavy atom. The summed E-state index contributed by atoms with van der Waals surface area (Å²) in [7, 11) is 0. The average Bonchev–Trinajstić information content (AvgIpc) is 3.30. The molecule has 0 saturated carbocycles. The summed E-state index contributed by atoms with van der Waals surface area (Å²) in [6.07, 6.45) is 1.62. The van der Waals surface area contributed by atoms with Crippen LogP contribution in [0.1, 0.15) is 18.2 Å². The van der Waals surface area contributed by atoms with Gasteiger partial charge in [-0.15, -0.1) is 11.3 Å². The SMILES string of the molecule is CC(=O)N(c1nc(C=C2SC(=Nc3cccc(C)c3)NC2=O)cs1)c1ccccc1F. The number of nitrogens with zero attached hydrogens (tertiary/aromatic N) is 3. The van der Waals surface area contributed by atoms with Crippen LogP contribution < -0.4 is 10.2 Å². The fourth-order valence-corrected chi connectivity index (χ4v) is 4.58. The summed E-state index contributed by atoms with van der Waals surface area (Å²) in [5, 5.41) is 5.25. The first-order valence-corrected chi connectivity index (χ1v) is 11.0. The zero-order valence-corrected chi connectivity index (χ0v) is 18.3. The van der Waals surface area contributed by atoms with Crippen molar-refractivity contribution in [3.05, 3.63) is 75.9 Å². The zero-order chi connectivity index (χ0) is 22.0. The second-order valence-corrected chi connectivity index (χ2v) is 8.55. The molecule has 0 bridgehead atoms. The second kappa shape index (κ2) is 8.83. The minimum atomic E-state index is -0.518. The number of thioether (sulfide) groups is 1. The summed E-state index contributed by atoms with van der Waals surface area (Å²) >= 11 is 2.40. The molecule has 0 radical (unpaired) electrons. The molecule has 2 amide bonds. The van der Waals surface area contributed by atoms with Crippen LogP contribution in [0.2, 0.25) is 0 Å². The highest BCUT2D eigenvalue weighted by Gasteiger charge is 2.25. The summed E-state index contributed by atoms with van der Waals surface area (Å²) in [5.41, 5.74) is 2.45. The first-order valence-electron chi connectivity index (χ1n) is 9.28. The molecule has 1 aromatic heterocycles. The van der Waals surface area contributed by atoms with Gasteiger partial charge in [0.05, 0.1) is 22.0 Å². The third kappa shape index (κ3) is 4.73. The Bertz CT molecular complexity index is 1240. The van der Waals surface area contributed by atoms with Gasteiger partial charge in [0.25, 0.3) is 5.91 Å². The molecule has 1 saturated heterocycles. The molecule has 6 nitrogen and oxygen atoms in total. The van der Waals surface area contributed by atoms with E-state index in [9.17, 15) is 14.0 Å². The lowest BCUT2D eigenvalue weighted by Gasteiger charge is -2.18. The number of thiazole rings is 1. The van der Waals surface area contributed by atoms with Gasteiger partial charge in [0, 0.05) is 12.3 Å². The summed E-state index contributed by atoms with van der Waals surface area (Å²) in [5.74, 6) is -1.15. The lowest BCUT2D eigenvalue weighted by atomic mass is 10.2. The van der Waals surface area contributed by atoms with Crippen LogP contribution in [0.3, 0.4) is 0 Å². The van der Waals surface area contributed by atoms with Gasteiger partial charge < -0.3 is 5.32 Å². The number of halogens is 1. The Labute approximate surface area is 186 Å². The van der Waals surface area contributed by atoms with E-state index >= 15 is 0 Å². The maximum absolute atomic E-state index is 14.2. The third-order valence-corrected chi connectivity index (χ3v) is 6.03. The summed E-state index contributed by atoms with van der Waals surface area (Å²) in [6.45, 7) is 3.32. The van der Waals surface area contributed by atoms with Crippen LogP contribution in [0.5, 0.6) is 0 Å². The van der Waals surface area contributed by atoms with Gasteiger partial charge in [0.1, 0.15) is 5.82 Å². The van der Waals surface area contributed by atoms with Gasteiger partial charge in [0.2, 0.25) is 5.91 Å². The lowest BCUT2D eigenvalue weighted by Crippen LogP contribution is -2.23. The van der Waals surface area contributed by atoms with Crippen LogP contribution in [0, 0.1) is 12.7 Å². The number of hydrogen-bond acceptors (Lipinski definition) is 6. The topological polar surface area (TPSA) is 74.7 Å². The zero-order valence-electron chi connectivity index (χ0n) is 16.6.